The summed E-state index contributed by atoms with van der Waals surface area (Å²) in [5, 5.41) is 3.56. The average molecular weight is 268 g/mol. The molecule has 3 rings (SSSR count). The Morgan fingerprint density at radius 3 is 2.70 bits per heavy atom. The number of nitrogens with one attached hydrogen (secondary N) is 1. The molecule has 1 aromatic carbocycles. The van der Waals surface area contributed by atoms with Crippen LogP contribution in [0.15, 0.2) is 42.9 Å². The van der Waals surface area contributed by atoms with Crippen molar-refractivity contribution < 1.29 is 0 Å². The molecule has 1 saturated heterocycles. The number of aromatic nitrogens is 2. The van der Waals surface area contributed by atoms with Gasteiger partial charge in [0, 0.05) is 25.5 Å². The van der Waals surface area contributed by atoms with Crippen molar-refractivity contribution in [2.24, 2.45) is 0 Å². The molecule has 1 aliphatic heterocycles. The summed E-state index contributed by atoms with van der Waals surface area (Å²) in [6, 6.07) is 8.65. The van der Waals surface area contributed by atoms with E-state index in [1.807, 2.05) is 6.20 Å². The highest BCUT2D eigenvalue weighted by atomic mass is 15.2. The Morgan fingerprint density at radius 1 is 1.15 bits per heavy atom. The van der Waals surface area contributed by atoms with Gasteiger partial charge in [0.05, 0.1) is 29.3 Å². The topological polar surface area (TPSA) is 41.0 Å². The summed E-state index contributed by atoms with van der Waals surface area (Å²) >= 11 is 0. The summed E-state index contributed by atoms with van der Waals surface area (Å²) in [4.78, 5) is 10.9. The van der Waals surface area contributed by atoms with Gasteiger partial charge < -0.3 is 10.2 Å². The molecule has 1 fully saturated rings. The Balaban J connectivity index is 1.80. The lowest BCUT2D eigenvalue weighted by Gasteiger charge is -2.24. The van der Waals surface area contributed by atoms with E-state index in [1.165, 1.54) is 24.2 Å². The minimum Gasteiger partial charge on any atom is -0.375 e. The lowest BCUT2D eigenvalue weighted by Crippen LogP contribution is -2.20. The van der Waals surface area contributed by atoms with E-state index in [-0.39, 0.29) is 6.04 Å². The molecule has 0 aliphatic carbocycles. The second kappa shape index (κ2) is 5.90. The first-order valence-electron chi connectivity index (χ1n) is 7.21. The van der Waals surface area contributed by atoms with Gasteiger partial charge in [-0.15, -0.1) is 0 Å². The summed E-state index contributed by atoms with van der Waals surface area (Å²) in [6.45, 7) is 4.42. The smallest absolute Gasteiger partial charge is 0.0806 e. The largest absolute Gasteiger partial charge is 0.375 e. The molecule has 1 aromatic heterocycles. The molecular weight excluding hydrogens is 248 g/mol. The van der Waals surface area contributed by atoms with Crippen LogP contribution in [0.4, 0.5) is 11.4 Å². The van der Waals surface area contributed by atoms with E-state index in [0.717, 1.165) is 18.8 Å². The highest BCUT2D eigenvalue weighted by molar-refractivity contribution is 5.70. The third kappa shape index (κ3) is 2.74. The van der Waals surface area contributed by atoms with Gasteiger partial charge in [0.1, 0.15) is 0 Å². The minimum absolute atomic E-state index is 0.146. The monoisotopic (exact) mass is 268 g/mol. The SMILES string of the molecule is CC(Nc1ccccc1N1CCCC1)c1cnccn1. The van der Waals surface area contributed by atoms with Crippen molar-refractivity contribution in [2.45, 2.75) is 25.8 Å². The summed E-state index contributed by atoms with van der Waals surface area (Å²) in [5.41, 5.74) is 3.43. The molecule has 1 aliphatic rings. The first kappa shape index (κ1) is 12.9. The molecule has 0 saturated carbocycles. The van der Waals surface area contributed by atoms with Crippen LogP contribution in [-0.2, 0) is 0 Å². The van der Waals surface area contributed by atoms with E-state index in [9.17, 15) is 0 Å². The predicted molar refractivity (Wildman–Crippen MR) is 82.0 cm³/mol. The predicted octanol–water partition coefficient (Wildman–Crippen LogP) is 3.25. The average Bonchev–Trinajstić information content (AvgIpc) is 3.03. The van der Waals surface area contributed by atoms with Gasteiger partial charge in [0.2, 0.25) is 0 Å². The molecule has 4 heteroatoms. The van der Waals surface area contributed by atoms with Crippen LogP contribution in [-0.4, -0.2) is 23.1 Å². The molecule has 20 heavy (non-hydrogen) atoms. The van der Waals surface area contributed by atoms with Gasteiger partial charge in [0.15, 0.2) is 0 Å². The molecule has 2 heterocycles. The maximum Gasteiger partial charge on any atom is 0.0806 e. The van der Waals surface area contributed by atoms with Crippen LogP contribution in [0.5, 0.6) is 0 Å². The number of para-hydroxylation sites is 2. The summed E-state index contributed by atoms with van der Waals surface area (Å²) < 4.78 is 0. The Kier molecular flexibility index (Phi) is 3.81. The van der Waals surface area contributed by atoms with Crippen LogP contribution in [0.2, 0.25) is 0 Å². The quantitative estimate of drug-likeness (QED) is 0.924. The van der Waals surface area contributed by atoms with Gasteiger partial charge in [-0.2, -0.15) is 0 Å². The van der Waals surface area contributed by atoms with Crippen molar-refractivity contribution in [3.8, 4) is 0 Å². The van der Waals surface area contributed by atoms with Crippen LogP contribution in [0, 0.1) is 0 Å². The zero-order chi connectivity index (χ0) is 13.8. The molecule has 1 unspecified atom stereocenters. The zero-order valence-corrected chi connectivity index (χ0v) is 11.8. The van der Waals surface area contributed by atoms with Crippen LogP contribution in [0.1, 0.15) is 31.5 Å². The Bertz CT molecular complexity index is 549. The first-order chi connectivity index (χ1) is 9.84. The zero-order valence-electron chi connectivity index (χ0n) is 11.8. The van der Waals surface area contributed by atoms with Crippen LogP contribution in [0.25, 0.3) is 0 Å². The molecule has 0 amide bonds. The van der Waals surface area contributed by atoms with Crippen molar-refractivity contribution >= 4 is 11.4 Å². The van der Waals surface area contributed by atoms with Crippen molar-refractivity contribution in [1.29, 1.82) is 0 Å². The number of hydrogen-bond acceptors (Lipinski definition) is 4. The summed E-state index contributed by atoms with van der Waals surface area (Å²) in [6.07, 6.45) is 7.83. The first-order valence-corrected chi connectivity index (χ1v) is 7.21. The fourth-order valence-corrected chi connectivity index (χ4v) is 2.67. The lowest BCUT2D eigenvalue weighted by molar-refractivity contribution is 0.825. The highest BCUT2D eigenvalue weighted by Crippen LogP contribution is 2.30. The number of benzene rings is 1. The van der Waals surface area contributed by atoms with Gasteiger partial charge in [0.25, 0.3) is 0 Å². The maximum absolute atomic E-state index is 4.36. The molecule has 4 nitrogen and oxygen atoms in total. The van der Waals surface area contributed by atoms with E-state index >= 15 is 0 Å². The van der Waals surface area contributed by atoms with Gasteiger partial charge >= 0.3 is 0 Å². The fourth-order valence-electron chi connectivity index (χ4n) is 2.67. The van der Waals surface area contributed by atoms with E-state index in [4.69, 9.17) is 0 Å². The maximum atomic E-state index is 4.36. The number of anilines is 2. The van der Waals surface area contributed by atoms with E-state index in [1.54, 1.807) is 12.4 Å². The molecule has 1 N–H and O–H groups in total. The van der Waals surface area contributed by atoms with Crippen LogP contribution >= 0.6 is 0 Å². The van der Waals surface area contributed by atoms with Crippen molar-refractivity contribution in [3.05, 3.63) is 48.5 Å². The molecule has 0 radical (unpaired) electrons. The lowest BCUT2D eigenvalue weighted by atomic mass is 10.2. The van der Waals surface area contributed by atoms with Gasteiger partial charge in [-0.05, 0) is 31.9 Å². The Labute approximate surface area is 119 Å². The van der Waals surface area contributed by atoms with Gasteiger partial charge in [-0.1, -0.05) is 12.1 Å². The van der Waals surface area contributed by atoms with Crippen molar-refractivity contribution in [1.82, 2.24) is 9.97 Å². The Morgan fingerprint density at radius 2 is 1.95 bits per heavy atom. The number of nitrogens with zero attached hydrogens (tertiary/aromatic N) is 3. The summed E-state index contributed by atoms with van der Waals surface area (Å²) in [7, 11) is 0. The molecule has 1 atom stereocenters. The van der Waals surface area contributed by atoms with Crippen molar-refractivity contribution in [3.63, 3.8) is 0 Å². The standard InChI is InChI=1S/C16H20N4/c1-13(15-12-17-8-9-18-15)19-14-6-2-3-7-16(14)20-10-4-5-11-20/h2-3,6-9,12-13,19H,4-5,10-11H2,1H3. The van der Waals surface area contributed by atoms with E-state index in [0.29, 0.717) is 0 Å². The summed E-state index contributed by atoms with van der Waals surface area (Å²) in [5.74, 6) is 0. The molecule has 2 aromatic rings. The highest BCUT2D eigenvalue weighted by Gasteiger charge is 2.16. The van der Waals surface area contributed by atoms with Gasteiger partial charge in [-0.3, -0.25) is 9.97 Å². The van der Waals surface area contributed by atoms with E-state index in [2.05, 4.69) is 51.4 Å². The molecular formula is C16H20N4. The van der Waals surface area contributed by atoms with Crippen molar-refractivity contribution in [2.75, 3.05) is 23.3 Å². The normalized spacial score (nSPS) is 16.1. The number of hydrogen-bond donors (Lipinski definition) is 1. The molecule has 0 bridgehead atoms. The molecule has 0 spiro atoms. The Hall–Kier alpha value is -2.10. The van der Waals surface area contributed by atoms with E-state index < -0.39 is 0 Å². The van der Waals surface area contributed by atoms with Crippen LogP contribution in [0.3, 0.4) is 0 Å². The second-order valence-corrected chi connectivity index (χ2v) is 5.21. The third-order valence-corrected chi connectivity index (χ3v) is 3.75. The van der Waals surface area contributed by atoms with Gasteiger partial charge in [-0.25, -0.2) is 0 Å². The number of rotatable bonds is 4. The molecule has 104 valence electrons. The second-order valence-electron chi connectivity index (χ2n) is 5.21. The minimum atomic E-state index is 0.146. The fraction of sp³-hybridized carbons (Fsp3) is 0.375. The van der Waals surface area contributed by atoms with Crippen LogP contribution < -0.4 is 10.2 Å². The third-order valence-electron chi connectivity index (χ3n) is 3.75.